The standard InChI is InChI=1S/C18H20N2O3S/c1-3-23-18(22)15-12-8-7-11(2)10-14(12)24-17(15)20-16(21)13-6-4-5-9-19-13/h4-6,9,11H,3,7-8,10H2,1-2H3,(H,20,21). The van der Waals surface area contributed by atoms with Crippen molar-refractivity contribution in [2.75, 3.05) is 11.9 Å². The molecule has 0 radical (unpaired) electrons. The average Bonchev–Trinajstić information content (AvgIpc) is 2.92. The molecular formula is C18H20N2O3S. The molecule has 1 N–H and O–H groups in total. The van der Waals surface area contributed by atoms with E-state index in [0.29, 0.717) is 28.8 Å². The Balaban J connectivity index is 1.94. The van der Waals surface area contributed by atoms with E-state index in [2.05, 4.69) is 17.2 Å². The van der Waals surface area contributed by atoms with Crippen LogP contribution in [0.25, 0.3) is 0 Å². The molecule has 2 aromatic heterocycles. The largest absolute Gasteiger partial charge is 0.462 e. The first-order valence-corrected chi connectivity index (χ1v) is 8.95. The molecule has 1 aliphatic carbocycles. The number of amides is 1. The van der Waals surface area contributed by atoms with Crippen LogP contribution in [-0.2, 0) is 17.6 Å². The number of carbonyl (C=O) groups excluding carboxylic acids is 2. The zero-order chi connectivity index (χ0) is 17.1. The first-order chi connectivity index (χ1) is 11.6. The lowest BCUT2D eigenvalue weighted by Gasteiger charge is -2.18. The van der Waals surface area contributed by atoms with Crippen LogP contribution in [0.5, 0.6) is 0 Å². The molecule has 0 fully saturated rings. The fraction of sp³-hybridized carbons (Fsp3) is 0.389. The van der Waals surface area contributed by atoms with Crippen molar-refractivity contribution in [3.8, 4) is 0 Å². The van der Waals surface area contributed by atoms with Crippen LogP contribution in [0.1, 0.15) is 51.6 Å². The summed E-state index contributed by atoms with van der Waals surface area (Å²) in [6, 6.07) is 5.16. The zero-order valence-corrected chi connectivity index (χ0v) is 14.6. The van der Waals surface area contributed by atoms with Gasteiger partial charge in [0.05, 0.1) is 12.2 Å². The molecule has 1 amide bonds. The van der Waals surface area contributed by atoms with Gasteiger partial charge in [0.2, 0.25) is 0 Å². The summed E-state index contributed by atoms with van der Waals surface area (Å²) in [6.07, 6.45) is 4.40. The van der Waals surface area contributed by atoms with Crippen LogP contribution in [0.2, 0.25) is 0 Å². The molecule has 1 atom stereocenters. The summed E-state index contributed by atoms with van der Waals surface area (Å²) in [4.78, 5) is 30.1. The van der Waals surface area contributed by atoms with Gasteiger partial charge in [-0.2, -0.15) is 0 Å². The Bertz CT molecular complexity index is 755. The lowest BCUT2D eigenvalue weighted by molar-refractivity contribution is 0.0526. The molecule has 24 heavy (non-hydrogen) atoms. The van der Waals surface area contributed by atoms with Crippen LogP contribution in [0.3, 0.4) is 0 Å². The van der Waals surface area contributed by atoms with Crippen molar-refractivity contribution >= 4 is 28.2 Å². The quantitative estimate of drug-likeness (QED) is 0.859. The molecule has 2 heterocycles. The van der Waals surface area contributed by atoms with Crippen LogP contribution in [0.15, 0.2) is 24.4 Å². The molecule has 6 heteroatoms. The van der Waals surface area contributed by atoms with E-state index in [1.165, 1.54) is 16.2 Å². The monoisotopic (exact) mass is 344 g/mol. The Morgan fingerprint density at radius 1 is 1.42 bits per heavy atom. The van der Waals surface area contributed by atoms with E-state index in [9.17, 15) is 9.59 Å². The highest BCUT2D eigenvalue weighted by atomic mass is 32.1. The third-order valence-electron chi connectivity index (χ3n) is 4.12. The molecule has 0 aliphatic heterocycles. The number of esters is 1. The second-order valence-electron chi connectivity index (χ2n) is 5.95. The first kappa shape index (κ1) is 16.6. The second kappa shape index (κ2) is 7.13. The smallest absolute Gasteiger partial charge is 0.341 e. The van der Waals surface area contributed by atoms with Crippen molar-refractivity contribution in [2.24, 2.45) is 5.92 Å². The number of anilines is 1. The highest BCUT2D eigenvalue weighted by Gasteiger charge is 2.29. The van der Waals surface area contributed by atoms with Crippen molar-refractivity contribution in [1.82, 2.24) is 4.98 Å². The van der Waals surface area contributed by atoms with E-state index < -0.39 is 0 Å². The minimum Gasteiger partial charge on any atom is -0.462 e. The number of hydrogen-bond donors (Lipinski definition) is 1. The number of hydrogen-bond acceptors (Lipinski definition) is 5. The molecular weight excluding hydrogens is 324 g/mol. The number of pyridine rings is 1. The van der Waals surface area contributed by atoms with Crippen molar-refractivity contribution in [3.63, 3.8) is 0 Å². The Labute approximate surface area is 145 Å². The highest BCUT2D eigenvalue weighted by Crippen LogP contribution is 2.40. The molecule has 0 bridgehead atoms. The molecule has 5 nitrogen and oxygen atoms in total. The van der Waals surface area contributed by atoms with E-state index >= 15 is 0 Å². The summed E-state index contributed by atoms with van der Waals surface area (Å²) in [5.74, 6) is -0.0841. The van der Waals surface area contributed by atoms with Gasteiger partial charge < -0.3 is 10.1 Å². The van der Waals surface area contributed by atoms with E-state index in [1.807, 2.05) is 0 Å². The van der Waals surface area contributed by atoms with Crippen molar-refractivity contribution in [1.29, 1.82) is 0 Å². The summed E-state index contributed by atoms with van der Waals surface area (Å²) in [6.45, 7) is 4.30. The van der Waals surface area contributed by atoms with Gasteiger partial charge in [-0.15, -0.1) is 11.3 Å². The van der Waals surface area contributed by atoms with E-state index in [0.717, 1.165) is 24.8 Å². The van der Waals surface area contributed by atoms with Gasteiger partial charge in [-0.3, -0.25) is 9.78 Å². The molecule has 3 rings (SSSR count). The highest BCUT2D eigenvalue weighted by molar-refractivity contribution is 7.17. The van der Waals surface area contributed by atoms with E-state index in [1.54, 1.807) is 31.3 Å². The van der Waals surface area contributed by atoms with E-state index in [-0.39, 0.29) is 11.9 Å². The Kier molecular flexibility index (Phi) is 4.94. The third kappa shape index (κ3) is 3.33. The van der Waals surface area contributed by atoms with Gasteiger partial charge in [-0.05, 0) is 49.8 Å². The SMILES string of the molecule is CCOC(=O)c1c(NC(=O)c2ccccn2)sc2c1CCC(C)C2. The summed E-state index contributed by atoms with van der Waals surface area (Å²) < 4.78 is 5.21. The van der Waals surface area contributed by atoms with Crippen LogP contribution in [-0.4, -0.2) is 23.5 Å². The Morgan fingerprint density at radius 2 is 2.25 bits per heavy atom. The van der Waals surface area contributed by atoms with Gasteiger partial charge in [0.1, 0.15) is 10.7 Å². The molecule has 126 valence electrons. The lowest BCUT2D eigenvalue weighted by atomic mass is 9.88. The topological polar surface area (TPSA) is 68.3 Å². The lowest BCUT2D eigenvalue weighted by Crippen LogP contribution is -2.17. The van der Waals surface area contributed by atoms with Crippen molar-refractivity contribution in [3.05, 3.63) is 46.1 Å². The number of rotatable bonds is 4. The Hall–Kier alpha value is -2.21. The maximum absolute atomic E-state index is 12.4. The number of thiophene rings is 1. The predicted molar refractivity (Wildman–Crippen MR) is 93.7 cm³/mol. The van der Waals surface area contributed by atoms with Gasteiger partial charge in [0.15, 0.2) is 0 Å². The molecule has 2 aromatic rings. The molecule has 0 saturated heterocycles. The number of ether oxygens (including phenoxy) is 1. The van der Waals surface area contributed by atoms with Gasteiger partial charge in [-0.25, -0.2) is 4.79 Å². The molecule has 1 unspecified atom stereocenters. The summed E-state index contributed by atoms with van der Waals surface area (Å²) in [5, 5.41) is 3.43. The summed E-state index contributed by atoms with van der Waals surface area (Å²) in [7, 11) is 0. The number of carbonyl (C=O) groups is 2. The normalized spacial score (nSPS) is 16.3. The minimum absolute atomic E-state index is 0.312. The second-order valence-corrected chi connectivity index (χ2v) is 7.05. The van der Waals surface area contributed by atoms with Gasteiger partial charge in [0.25, 0.3) is 5.91 Å². The minimum atomic E-state index is -0.360. The number of aromatic nitrogens is 1. The van der Waals surface area contributed by atoms with Crippen LogP contribution >= 0.6 is 11.3 Å². The number of nitrogens with zero attached hydrogens (tertiary/aromatic N) is 1. The predicted octanol–water partition coefficient (Wildman–Crippen LogP) is 3.70. The first-order valence-electron chi connectivity index (χ1n) is 8.14. The van der Waals surface area contributed by atoms with Crippen molar-refractivity contribution < 1.29 is 14.3 Å². The van der Waals surface area contributed by atoms with Crippen LogP contribution in [0.4, 0.5) is 5.00 Å². The third-order valence-corrected chi connectivity index (χ3v) is 5.29. The maximum Gasteiger partial charge on any atom is 0.341 e. The van der Waals surface area contributed by atoms with Crippen LogP contribution < -0.4 is 5.32 Å². The molecule has 0 spiro atoms. The fourth-order valence-electron chi connectivity index (χ4n) is 2.92. The van der Waals surface area contributed by atoms with Crippen LogP contribution in [0, 0.1) is 5.92 Å². The summed E-state index contributed by atoms with van der Waals surface area (Å²) in [5.41, 5.74) is 1.88. The zero-order valence-electron chi connectivity index (χ0n) is 13.8. The van der Waals surface area contributed by atoms with E-state index in [4.69, 9.17) is 4.74 Å². The Morgan fingerprint density at radius 3 is 2.96 bits per heavy atom. The van der Waals surface area contributed by atoms with Gasteiger partial charge in [-0.1, -0.05) is 13.0 Å². The van der Waals surface area contributed by atoms with Gasteiger partial charge >= 0.3 is 5.97 Å². The maximum atomic E-state index is 12.4. The van der Waals surface area contributed by atoms with Crippen molar-refractivity contribution in [2.45, 2.75) is 33.1 Å². The summed E-state index contributed by atoms with van der Waals surface area (Å²) >= 11 is 1.48. The fourth-order valence-corrected chi connectivity index (χ4v) is 4.32. The average molecular weight is 344 g/mol. The number of fused-ring (bicyclic) bond motifs is 1. The number of nitrogens with one attached hydrogen (secondary N) is 1. The molecule has 1 aliphatic rings. The molecule has 0 saturated carbocycles. The molecule has 0 aromatic carbocycles. The van der Waals surface area contributed by atoms with Gasteiger partial charge in [0, 0.05) is 11.1 Å².